The van der Waals surface area contributed by atoms with Crippen molar-refractivity contribution in [2.75, 3.05) is 5.32 Å². The Hall–Kier alpha value is -2.05. The maximum absolute atomic E-state index is 8.91. The van der Waals surface area contributed by atoms with Crippen molar-refractivity contribution < 1.29 is 0 Å². The summed E-state index contributed by atoms with van der Waals surface area (Å²) in [6.07, 6.45) is 1.55. The quantitative estimate of drug-likeness (QED) is 0.859. The first-order chi connectivity index (χ1) is 7.79. The average Bonchev–Trinajstić information content (AvgIpc) is 2.33. The Morgan fingerprint density at radius 3 is 2.69 bits per heavy atom. The third-order valence-corrected chi connectivity index (χ3v) is 2.26. The Balaban J connectivity index is 2.27. The van der Waals surface area contributed by atoms with E-state index in [1.165, 1.54) is 0 Å². The monoisotopic (exact) mass is 229 g/mol. The highest BCUT2D eigenvalue weighted by Crippen LogP contribution is 2.19. The van der Waals surface area contributed by atoms with Crippen molar-refractivity contribution in [3.8, 4) is 6.07 Å². The number of nitriles is 1. The second kappa shape index (κ2) is 4.65. The van der Waals surface area contributed by atoms with Gasteiger partial charge in [-0.05, 0) is 24.3 Å². The SMILES string of the molecule is N#Cc1ccccc1Nc1ccc(Cl)cn1. The van der Waals surface area contributed by atoms with E-state index in [2.05, 4.69) is 16.4 Å². The van der Waals surface area contributed by atoms with Crippen molar-refractivity contribution >= 4 is 23.1 Å². The number of hydrogen-bond acceptors (Lipinski definition) is 3. The number of anilines is 2. The standard InChI is InChI=1S/C12H8ClN3/c13-10-5-6-12(15-8-10)16-11-4-2-1-3-9(11)7-14/h1-6,8H,(H,15,16). The molecular formula is C12H8ClN3. The number of aromatic nitrogens is 1. The summed E-state index contributed by atoms with van der Waals surface area (Å²) in [5, 5.41) is 12.5. The number of benzene rings is 1. The molecule has 2 rings (SSSR count). The van der Waals surface area contributed by atoms with Gasteiger partial charge in [-0.25, -0.2) is 4.98 Å². The zero-order valence-electron chi connectivity index (χ0n) is 8.31. The molecule has 2 aromatic rings. The lowest BCUT2D eigenvalue weighted by atomic mass is 10.2. The van der Waals surface area contributed by atoms with Gasteiger partial charge in [0.1, 0.15) is 11.9 Å². The summed E-state index contributed by atoms with van der Waals surface area (Å²) >= 11 is 5.73. The van der Waals surface area contributed by atoms with Crippen LogP contribution >= 0.6 is 11.6 Å². The Kier molecular flexibility index (Phi) is 3.04. The summed E-state index contributed by atoms with van der Waals surface area (Å²) < 4.78 is 0. The molecule has 4 heteroatoms. The summed E-state index contributed by atoms with van der Waals surface area (Å²) in [7, 11) is 0. The molecule has 1 aromatic heterocycles. The molecule has 0 bridgehead atoms. The molecule has 0 amide bonds. The highest BCUT2D eigenvalue weighted by atomic mass is 35.5. The Labute approximate surface area is 98.3 Å². The lowest BCUT2D eigenvalue weighted by molar-refractivity contribution is 1.30. The molecule has 16 heavy (non-hydrogen) atoms. The molecule has 0 saturated heterocycles. The Morgan fingerprint density at radius 1 is 1.19 bits per heavy atom. The molecule has 1 N–H and O–H groups in total. The van der Waals surface area contributed by atoms with E-state index in [-0.39, 0.29) is 0 Å². The van der Waals surface area contributed by atoms with Gasteiger partial charge in [0.15, 0.2) is 0 Å². The van der Waals surface area contributed by atoms with Gasteiger partial charge in [0.25, 0.3) is 0 Å². The number of pyridine rings is 1. The minimum atomic E-state index is 0.583. The molecule has 0 unspecified atom stereocenters. The molecule has 0 aliphatic carbocycles. The van der Waals surface area contributed by atoms with Gasteiger partial charge in [0.05, 0.1) is 16.3 Å². The summed E-state index contributed by atoms with van der Waals surface area (Å²) in [6.45, 7) is 0. The molecule has 1 aromatic carbocycles. The molecule has 0 atom stereocenters. The number of nitrogens with one attached hydrogen (secondary N) is 1. The van der Waals surface area contributed by atoms with E-state index in [1.54, 1.807) is 24.4 Å². The molecule has 1 heterocycles. The zero-order valence-corrected chi connectivity index (χ0v) is 9.07. The number of para-hydroxylation sites is 1. The predicted octanol–water partition coefficient (Wildman–Crippen LogP) is 3.35. The van der Waals surface area contributed by atoms with Crippen molar-refractivity contribution in [2.45, 2.75) is 0 Å². The number of rotatable bonds is 2. The molecule has 0 radical (unpaired) electrons. The van der Waals surface area contributed by atoms with E-state index in [9.17, 15) is 0 Å². The fourth-order valence-electron chi connectivity index (χ4n) is 1.28. The van der Waals surface area contributed by atoms with Crippen molar-refractivity contribution in [2.24, 2.45) is 0 Å². The molecule has 78 valence electrons. The van der Waals surface area contributed by atoms with Gasteiger partial charge < -0.3 is 5.32 Å². The molecule has 0 aliphatic heterocycles. The first-order valence-electron chi connectivity index (χ1n) is 4.67. The van der Waals surface area contributed by atoms with Gasteiger partial charge in [-0.2, -0.15) is 5.26 Å². The number of halogens is 1. The highest BCUT2D eigenvalue weighted by molar-refractivity contribution is 6.30. The summed E-state index contributed by atoms with van der Waals surface area (Å²) in [6, 6.07) is 12.9. The van der Waals surface area contributed by atoms with E-state index >= 15 is 0 Å². The van der Waals surface area contributed by atoms with Crippen molar-refractivity contribution in [3.05, 3.63) is 53.2 Å². The normalized spacial score (nSPS) is 9.50. The highest BCUT2D eigenvalue weighted by Gasteiger charge is 2.01. The predicted molar refractivity (Wildman–Crippen MR) is 63.7 cm³/mol. The van der Waals surface area contributed by atoms with E-state index in [1.807, 2.05) is 18.2 Å². The van der Waals surface area contributed by atoms with Crippen LogP contribution in [0.1, 0.15) is 5.56 Å². The zero-order chi connectivity index (χ0) is 11.4. The van der Waals surface area contributed by atoms with E-state index in [4.69, 9.17) is 16.9 Å². The molecule has 0 saturated carbocycles. The smallest absolute Gasteiger partial charge is 0.130 e. The maximum Gasteiger partial charge on any atom is 0.130 e. The van der Waals surface area contributed by atoms with Gasteiger partial charge in [-0.15, -0.1) is 0 Å². The first kappa shape index (κ1) is 10.5. The topological polar surface area (TPSA) is 48.7 Å². The van der Waals surface area contributed by atoms with Gasteiger partial charge in [-0.3, -0.25) is 0 Å². The molecule has 0 spiro atoms. The summed E-state index contributed by atoms with van der Waals surface area (Å²) in [4.78, 5) is 4.10. The van der Waals surface area contributed by atoms with Crippen LogP contribution in [0.2, 0.25) is 5.02 Å². The second-order valence-electron chi connectivity index (χ2n) is 3.14. The number of hydrogen-bond donors (Lipinski definition) is 1. The van der Waals surface area contributed by atoms with Crippen LogP contribution in [0.3, 0.4) is 0 Å². The summed E-state index contributed by atoms with van der Waals surface area (Å²) in [5.41, 5.74) is 1.32. The van der Waals surface area contributed by atoms with Crippen LogP contribution in [0, 0.1) is 11.3 Å². The Bertz CT molecular complexity index is 529. The van der Waals surface area contributed by atoms with Gasteiger partial charge in [0.2, 0.25) is 0 Å². The van der Waals surface area contributed by atoms with Gasteiger partial charge >= 0.3 is 0 Å². The van der Waals surface area contributed by atoms with E-state index < -0.39 is 0 Å². The minimum Gasteiger partial charge on any atom is -0.339 e. The van der Waals surface area contributed by atoms with Crippen LogP contribution < -0.4 is 5.32 Å². The van der Waals surface area contributed by atoms with Crippen LogP contribution in [-0.4, -0.2) is 4.98 Å². The maximum atomic E-state index is 8.91. The minimum absolute atomic E-state index is 0.583. The van der Waals surface area contributed by atoms with Crippen molar-refractivity contribution in [1.82, 2.24) is 4.98 Å². The van der Waals surface area contributed by atoms with Gasteiger partial charge in [-0.1, -0.05) is 23.7 Å². The summed E-state index contributed by atoms with van der Waals surface area (Å²) in [5.74, 6) is 0.659. The molecule has 0 aliphatic rings. The average molecular weight is 230 g/mol. The largest absolute Gasteiger partial charge is 0.339 e. The first-order valence-corrected chi connectivity index (χ1v) is 5.05. The Morgan fingerprint density at radius 2 is 2.00 bits per heavy atom. The molecule has 0 fully saturated rings. The van der Waals surface area contributed by atoms with Crippen LogP contribution in [0.5, 0.6) is 0 Å². The number of nitrogens with zero attached hydrogens (tertiary/aromatic N) is 2. The fourth-order valence-corrected chi connectivity index (χ4v) is 1.39. The van der Waals surface area contributed by atoms with Crippen LogP contribution in [0.4, 0.5) is 11.5 Å². The lowest BCUT2D eigenvalue weighted by Crippen LogP contribution is -1.95. The third kappa shape index (κ3) is 2.30. The second-order valence-corrected chi connectivity index (χ2v) is 3.58. The van der Waals surface area contributed by atoms with Crippen molar-refractivity contribution in [1.29, 1.82) is 5.26 Å². The lowest BCUT2D eigenvalue weighted by Gasteiger charge is -2.06. The van der Waals surface area contributed by atoms with Gasteiger partial charge in [0, 0.05) is 6.20 Å². The van der Waals surface area contributed by atoms with E-state index in [0.717, 1.165) is 5.69 Å². The molecular weight excluding hydrogens is 222 g/mol. The van der Waals surface area contributed by atoms with Crippen molar-refractivity contribution in [3.63, 3.8) is 0 Å². The van der Waals surface area contributed by atoms with Crippen LogP contribution in [0.15, 0.2) is 42.6 Å². The third-order valence-electron chi connectivity index (χ3n) is 2.04. The molecule has 3 nitrogen and oxygen atoms in total. The van der Waals surface area contributed by atoms with Crippen LogP contribution in [-0.2, 0) is 0 Å². The fraction of sp³-hybridized carbons (Fsp3) is 0. The van der Waals surface area contributed by atoms with Crippen LogP contribution in [0.25, 0.3) is 0 Å². The van der Waals surface area contributed by atoms with E-state index in [0.29, 0.717) is 16.4 Å².